The van der Waals surface area contributed by atoms with Gasteiger partial charge in [0.15, 0.2) is 5.96 Å². The van der Waals surface area contributed by atoms with Crippen molar-refractivity contribution in [2.24, 2.45) is 4.99 Å². The molecule has 0 aromatic heterocycles. The summed E-state index contributed by atoms with van der Waals surface area (Å²) in [6.07, 6.45) is 0.329. The van der Waals surface area contributed by atoms with E-state index in [0.29, 0.717) is 12.2 Å². The van der Waals surface area contributed by atoms with Crippen molar-refractivity contribution in [1.82, 2.24) is 10.6 Å². The van der Waals surface area contributed by atoms with E-state index in [4.69, 9.17) is 11.6 Å². The zero-order valence-electron chi connectivity index (χ0n) is 16.0. The number of benzene rings is 2. The summed E-state index contributed by atoms with van der Waals surface area (Å²) in [5.41, 5.74) is 2.82. The van der Waals surface area contributed by atoms with E-state index >= 15 is 0 Å². The van der Waals surface area contributed by atoms with Crippen LogP contribution in [0, 0.1) is 0 Å². The fourth-order valence-electron chi connectivity index (χ4n) is 2.39. The maximum absolute atomic E-state index is 11.2. The molecule has 2 aromatic carbocycles. The van der Waals surface area contributed by atoms with Gasteiger partial charge in [0, 0.05) is 23.8 Å². The molecule has 0 aliphatic rings. The Kier molecular flexibility index (Phi) is 11.4. The van der Waals surface area contributed by atoms with Crippen molar-refractivity contribution in [1.29, 1.82) is 0 Å². The van der Waals surface area contributed by atoms with E-state index in [-0.39, 0.29) is 24.0 Å². The van der Waals surface area contributed by atoms with E-state index in [0.717, 1.165) is 41.6 Å². The number of ether oxygens (including phenoxy) is 1. The van der Waals surface area contributed by atoms with Crippen molar-refractivity contribution >= 4 is 53.3 Å². The maximum atomic E-state index is 11.2. The Morgan fingerprint density at radius 3 is 2.46 bits per heavy atom. The molecular weight excluding hydrogens is 491 g/mol. The number of nitrogens with one attached hydrogen (secondary N) is 3. The minimum Gasteiger partial charge on any atom is -0.453 e. The first kappa shape index (κ1) is 24.0. The van der Waals surface area contributed by atoms with Crippen molar-refractivity contribution in [2.45, 2.75) is 19.9 Å². The number of halogens is 2. The summed E-state index contributed by atoms with van der Waals surface area (Å²) in [5.74, 6) is 0.751. The van der Waals surface area contributed by atoms with Crippen LogP contribution in [0.1, 0.15) is 18.1 Å². The molecule has 152 valence electrons. The van der Waals surface area contributed by atoms with Crippen molar-refractivity contribution in [3.63, 3.8) is 0 Å². The number of methoxy groups -OCH3 is 1. The number of nitrogens with zero attached hydrogens (tertiary/aromatic N) is 1. The molecule has 0 bridgehead atoms. The Balaban J connectivity index is 0.00000392. The first-order chi connectivity index (χ1) is 13.1. The Bertz CT molecular complexity index is 769. The van der Waals surface area contributed by atoms with Crippen LogP contribution >= 0.6 is 35.6 Å². The first-order valence-electron chi connectivity index (χ1n) is 8.82. The molecule has 0 fully saturated rings. The van der Waals surface area contributed by atoms with Gasteiger partial charge in [-0.1, -0.05) is 41.9 Å². The highest BCUT2D eigenvalue weighted by atomic mass is 127. The summed E-state index contributed by atoms with van der Waals surface area (Å²) in [7, 11) is 1.33. The molecule has 8 heteroatoms. The number of carbonyl (C=O) groups is 1. The molecule has 0 saturated carbocycles. The lowest BCUT2D eigenvalue weighted by Crippen LogP contribution is -2.38. The Labute approximate surface area is 188 Å². The third-order valence-corrected chi connectivity index (χ3v) is 4.16. The summed E-state index contributed by atoms with van der Waals surface area (Å²) < 4.78 is 4.57. The Morgan fingerprint density at radius 2 is 1.82 bits per heavy atom. The standard InChI is InChI=1S/C20H25ClN4O2.HI/c1-3-22-19(23-13-12-16-6-4-5-7-18(16)21)24-14-15-8-10-17(11-9-15)25-20(26)27-2;/h4-11H,3,12-14H2,1-2H3,(H,25,26)(H2,22,23,24);1H. The largest absolute Gasteiger partial charge is 0.453 e. The molecular formula is C20H26ClIN4O2. The lowest BCUT2D eigenvalue weighted by Gasteiger charge is -2.12. The van der Waals surface area contributed by atoms with Gasteiger partial charge in [-0.15, -0.1) is 24.0 Å². The normalized spacial score (nSPS) is 10.6. The summed E-state index contributed by atoms with van der Waals surface area (Å²) in [5, 5.41) is 9.95. The SMILES string of the molecule is CCNC(=NCc1ccc(NC(=O)OC)cc1)NCCc1ccccc1Cl.I. The van der Waals surface area contributed by atoms with Crippen LogP contribution in [0.5, 0.6) is 0 Å². The second kappa shape index (κ2) is 13.2. The van der Waals surface area contributed by atoms with Crippen molar-refractivity contribution in [3.8, 4) is 0 Å². The average Bonchev–Trinajstić information content (AvgIpc) is 2.68. The summed E-state index contributed by atoms with van der Waals surface area (Å²) in [4.78, 5) is 15.8. The molecule has 2 aromatic rings. The molecule has 0 saturated heterocycles. The minimum absolute atomic E-state index is 0. The fraction of sp³-hybridized carbons (Fsp3) is 0.300. The van der Waals surface area contributed by atoms with Crippen molar-refractivity contribution < 1.29 is 9.53 Å². The second-order valence-electron chi connectivity index (χ2n) is 5.78. The third kappa shape index (κ3) is 8.35. The van der Waals surface area contributed by atoms with Crippen LogP contribution in [-0.2, 0) is 17.7 Å². The number of anilines is 1. The van der Waals surface area contributed by atoms with Crippen LogP contribution in [0.4, 0.5) is 10.5 Å². The molecule has 0 aliphatic carbocycles. The molecule has 0 radical (unpaired) electrons. The Hall–Kier alpha value is -2.00. The monoisotopic (exact) mass is 516 g/mol. The zero-order chi connectivity index (χ0) is 19.5. The minimum atomic E-state index is -0.488. The van der Waals surface area contributed by atoms with Gasteiger partial charge in [0.25, 0.3) is 0 Å². The van der Waals surface area contributed by atoms with Gasteiger partial charge in [0.1, 0.15) is 0 Å². The predicted octanol–water partition coefficient (Wildman–Crippen LogP) is 4.43. The van der Waals surface area contributed by atoms with Gasteiger partial charge >= 0.3 is 6.09 Å². The third-order valence-electron chi connectivity index (χ3n) is 3.79. The Morgan fingerprint density at radius 1 is 1.11 bits per heavy atom. The van der Waals surface area contributed by atoms with E-state index in [2.05, 4.69) is 25.7 Å². The second-order valence-corrected chi connectivity index (χ2v) is 6.18. The highest BCUT2D eigenvalue weighted by molar-refractivity contribution is 14.0. The van der Waals surface area contributed by atoms with Gasteiger partial charge in [-0.3, -0.25) is 5.32 Å². The summed E-state index contributed by atoms with van der Waals surface area (Å²) in [6.45, 7) is 4.07. The number of guanidine groups is 1. The maximum Gasteiger partial charge on any atom is 0.411 e. The smallest absolute Gasteiger partial charge is 0.411 e. The molecule has 0 atom stereocenters. The van der Waals surface area contributed by atoms with Crippen LogP contribution in [0.2, 0.25) is 5.02 Å². The zero-order valence-corrected chi connectivity index (χ0v) is 19.1. The van der Waals surface area contributed by atoms with Gasteiger partial charge in [0.05, 0.1) is 13.7 Å². The van der Waals surface area contributed by atoms with Crippen LogP contribution in [-0.4, -0.2) is 32.3 Å². The molecule has 1 amide bonds. The van der Waals surface area contributed by atoms with E-state index < -0.39 is 6.09 Å². The number of hydrogen-bond acceptors (Lipinski definition) is 3. The predicted molar refractivity (Wildman–Crippen MR) is 126 cm³/mol. The number of amides is 1. The van der Waals surface area contributed by atoms with Crippen LogP contribution in [0.25, 0.3) is 0 Å². The highest BCUT2D eigenvalue weighted by Gasteiger charge is 2.02. The number of hydrogen-bond donors (Lipinski definition) is 3. The molecule has 2 rings (SSSR count). The molecule has 28 heavy (non-hydrogen) atoms. The number of carbonyl (C=O) groups excluding carboxylic acids is 1. The fourth-order valence-corrected chi connectivity index (χ4v) is 2.62. The van der Waals surface area contributed by atoms with Gasteiger partial charge < -0.3 is 15.4 Å². The summed E-state index contributed by atoms with van der Waals surface area (Å²) >= 11 is 6.19. The van der Waals surface area contributed by atoms with E-state index in [1.807, 2.05) is 55.5 Å². The summed E-state index contributed by atoms with van der Waals surface area (Å²) in [6, 6.07) is 15.3. The van der Waals surface area contributed by atoms with Gasteiger partial charge in [-0.25, -0.2) is 9.79 Å². The molecule has 0 heterocycles. The van der Waals surface area contributed by atoms with Crippen LogP contribution in [0.3, 0.4) is 0 Å². The average molecular weight is 517 g/mol. The number of aliphatic imine (C=N–C) groups is 1. The topological polar surface area (TPSA) is 74.8 Å². The number of rotatable bonds is 7. The van der Waals surface area contributed by atoms with Gasteiger partial charge in [0.2, 0.25) is 0 Å². The van der Waals surface area contributed by atoms with Crippen molar-refractivity contribution in [3.05, 3.63) is 64.7 Å². The molecule has 0 aliphatic heterocycles. The highest BCUT2D eigenvalue weighted by Crippen LogP contribution is 2.15. The van der Waals surface area contributed by atoms with Crippen LogP contribution in [0.15, 0.2) is 53.5 Å². The van der Waals surface area contributed by atoms with E-state index in [1.165, 1.54) is 7.11 Å². The van der Waals surface area contributed by atoms with Crippen molar-refractivity contribution in [2.75, 3.05) is 25.5 Å². The molecule has 0 spiro atoms. The van der Waals surface area contributed by atoms with E-state index in [1.54, 1.807) is 0 Å². The quantitative estimate of drug-likeness (QED) is 0.289. The van der Waals surface area contributed by atoms with Gasteiger partial charge in [-0.2, -0.15) is 0 Å². The molecule has 6 nitrogen and oxygen atoms in total. The lowest BCUT2D eigenvalue weighted by molar-refractivity contribution is 0.187. The lowest BCUT2D eigenvalue weighted by atomic mass is 10.1. The molecule has 0 unspecified atom stereocenters. The first-order valence-corrected chi connectivity index (χ1v) is 9.19. The van der Waals surface area contributed by atoms with Crippen LogP contribution < -0.4 is 16.0 Å². The van der Waals surface area contributed by atoms with Gasteiger partial charge in [-0.05, 0) is 42.7 Å². The van der Waals surface area contributed by atoms with E-state index in [9.17, 15) is 4.79 Å². The molecule has 3 N–H and O–H groups in total.